The van der Waals surface area contributed by atoms with Crippen molar-refractivity contribution < 1.29 is 4.74 Å². The van der Waals surface area contributed by atoms with Gasteiger partial charge in [0.1, 0.15) is 5.75 Å². The number of nitrogens with one attached hydrogen (secondary N) is 1. The second-order valence-corrected chi connectivity index (χ2v) is 5.97. The Morgan fingerprint density at radius 3 is 2.83 bits per heavy atom. The molecule has 0 aliphatic heterocycles. The molecule has 0 atom stereocenters. The zero-order chi connectivity index (χ0) is 13.0. The van der Waals surface area contributed by atoms with E-state index in [0.29, 0.717) is 5.92 Å². The molecule has 1 aliphatic carbocycles. The predicted molar refractivity (Wildman–Crippen MR) is 76.2 cm³/mol. The molecule has 0 unspecified atom stereocenters. The van der Waals surface area contributed by atoms with Gasteiger partial charge in [0.2, 0.25) is 0 Å². The van der Waals surface area contributed by atoms with E-state index in [1.165, 1.54) is 12.8 Å². The highest BCUT2D eigenvalue weighted by Crippen LogP contribution is 2.31. The van der Waals surface area contributed by atoms with Crippen LogP contribution in [0.2, 0.25) is 5.02 Å². The smallest absolute Gasteiger partial charge is 0.123 e. The summed E-state index contributed by atoms with van der Waals surface area (Å²) in [6, 6.07) is 5.88. The molecular formula is C15H22ClNO. The molecule has 1 aliphatic rings. The van der Waals surface area contributed by atoms with Crippen molar-refractivity contribution in [2.75, 3.05) is 13.2 Å². The quantitative estimate of drug-likeness (QED) is 0.810. The minimum atomic E-state index is 0.653. The Kier molecular flexibility index (Phi) is 4.90. The van der Waals surface area contributed by atoms with Gasteiger partial charge in [-0.25, -0.2) is 0 Å². The van der Waals surface area contributed by atoms with Crippen molar-refractivity contribution in [3.05, 3.63) is 28.8 Å². The maximum Gasteiger partial charge on any atom is 0.123 e. The second kappa shape index (κ2) is 6.44. The topological polar surface area (TPSA) is 21.3 Å². The molecule has 1 saturated carbocycles. The van der Waals surface area contributed by atoms with Crippen LogP contribution in [0.4, 0.5) is 0 Å². The molecule has 0 spiro atoms. The minimum Gasteiger partial charge on any atom is -0.493 e. The molecule has 2 nitrogen and oxygen atoms in total. The van der Waals surface area contributed by atoms with Crippen LogP contribution in [-0.4, -0.2) is 13.2 Å². The van der Waals surface area contributed by atoms with Crippen molar-refractivity contribution in [1.29, 1.82) is 0 Å². The molecule has 18 heavy (non-hydrogen) atoms. The summed E-state index contributed by atoms with van der Waals surface area (Å²) in [5.74, 6) is 2.40. The molecule has 2 rings (SSSR count). The van der Waals surface area contributed by atoms with Gasteiger partial charge in [-0.3, -0.25) is 0 Å². The molecule has 0 amide bonds. The number of hydrogen-bond donors (Lipinski definition) is 1. The summed E-state index contributed by atoms with van der Waals surface area (Å²) in [5, 5.41) is 4.21. The molecule has 1 aromatic rings. The van der Waals surface area contributed by atoms with Crippen LogP contribution in [0.3, 0.4) is 0 Å². The van der Waals surface area contributed by atoms with E-state index in [9.17, 15) is 0 Å². The molecule has 0 bridgehead atoms. The van der Waals surface area contributed by atoms with Crippen molar-refractivity contribution in [3.63, 3.8) is 0 Å². The Hall–Kier alpha value is -0.730. The minimum absolute atomic E-state index is 0.653. The summed E-state index contributed by atoms with van der Waals surface area (Å²) >= 11 is 6.05. The Morgan fingerprint density at radius 2 is 2.17 bits per heavy atom. The van der Waals surface area contributed by atoms with Gasteiger partial charge in [-0.05, 0) is 49.4 Å². The van der Waals surface area contributed by atoms with Gasteiger partial charge in [-0.1, -0.05) is 25.4 Å². The third-order valence-electron chi connectivity index (χ3n) is 3.06. The summed E-state index contributed by atoms with van der Waals surface area (Å²) in [4.78, 5) is 0. The van der Waals surface area contributed by atoms with Crippen LogP contribution in [-0.2, 0) is 6.54 Å². The van der Waals surface area contributed by atoms with E-state index in [0.717, 1.165) is 41.9 Å². The van der Waals surface area contributed by atoms with Crippen LogP contribution in [0, 0.1) is 11.8 Å². The maximum atomic E-state index is 6.05. The average molecular weight is 268 g/mol. The summed E-state index contributed by atoms with van der Waals surface area (Å²) < 4.78 is 5.87. The summed E-state index contributed by atoms with van der Waals surface area (Å²) in [7, 11) is 0. The monoisotopic (exact) mass is 267 g/mol. The molecule has 0 radical (unpaired) electrons. The fourth-order valence-electron chi connectivity index (χ4n) is 1.81. The highest BCUT2D eigenvalue weighted by molar-refractivity contribution is 6.30. The Labute approximate surface area is 115 Å². The number of hydrogen-bond acceptors (Lipinski definition) is 2. The second-order valence-electron chi connectivity index (χ2n) is 5.53. The van der Waals surface area contributed by atoms with Crippen molar-refractivity contribution >= 4 is 11.6 Å². The summed E-state index contributed by atoms with van der Waals surface area (Å²) in [5.41, 5.74) is 1.16. The largest absolute Gasteiger partial charge is 0.493 e. The number of benzene rings is 1. The molecular weight excluding hydrogens is 246 g/mol. The van der Waals surface area contributed by atoms with Crippen LogP contribution >= 0.6 is 11.6 Å². The van der Waals surface area contributed by atoms with Crippen molar-refractivity contribution in [1.82, 2.24) is 5.32 Å². The molecule has 100 valence electrons. The SMILES string of the molecule is CC(C)CNCc1cc(Cl)ccc1OCC1CC1. The molecule has 3 heteroatoms. The fourth-order valence-corrected chi connectivity index (χ4v) is 2.01. The van der Waals surface area contributed by atoms with Gasteiger partial charge in [0, 0.05) is 17.1 Å². The molecule has 1 fully saturated rings. The van der Waals surface area contributed by atoms with E-state index >= 15 is 0 Å². The van der Waals surface area contributed by atoms with Gasteiger partial charge in [0.05, 0.1) is 6.61 Å². The lowest BCUT2D eigenvalue weighted by Crippen LogP contribution is -2.19. The molecule has 1 aromatic carbocycles. The van der Waals surface area contributed by atoms with Crippen LogP contribution in [0.15, 0.2) is 18.2 Å². The van der Waals surface area contributed by atoms with Crippen molar-refractivity contribution in [2.24, 2.45) is 11.8 Å². The van der Waals surface area contributed by atoms with Crippen molar-refractivity contribution in [2.45, 2.75) is 33.2 Å². The first-order chi connectivity index (χ1) is 8.65. The third-order valence-corrected chi connectivity index (χ3v) is 3.30. The zero-order valence-corrected chi connectivity index (χ0v) is 12.0. The van der Waals surface area contributed by atoms with E-state index in [2.05, 4.69) is 19.2 Å². The van der Waals surface area contributed by atoms with E-state index in [-0.39, 0.29) is 0 Å². The summed E-state index contributed by atoms with van der Waals surface area (Å²) in [6.45, 7) is 7.08. The first-order valence-corrected chi connectivity index (χ1v) is 7.15. The molecule has 0 heterocycles. The lowest BCUT2D eigenvalue weighted by molar-refractivity contribution is 0.296. The lowest BCUT2D eigenvalue weighted by Gasteiger charge is -2.13. The van der Waals surface area contributed by atoms with E-state index in [1.807, 2.05) is 18.2 Å². The van der Waals surface area contributed by atoms with E-state index in [4.69, 9.17) is 16.3 Å². The summed E-state index contributed by atoms with van der Waals surface area (Å²) in [6.07, 6.45) is 2.63. The third kappa shape index (κ3) is 4.51. The number of ether oxygens (including phenoxy) is 1. The van der Waals surface area contributed by atoms with Gasteiger partial charge in [0.15, 0.2) is 0 Å². The number of halogens is 1. The van der Waals surface area contributed by atoms with Gasteiger partial charge >= 0.3 is 0 Å². The zero-order valence-electron chi connectivity index (χ0n) is 11.2. The highest BCUT2D eigenvalue weighted by Gasteiger charge is 2.22. The van der Waals surface area contributed by atoms with Gasteiger partial charge in [-0.15, -0.1) is 0 Å². The van der Waals surface area contributed by atoms with Crippen LogP contribution < -0.4 is 10.1 Å². The van der Waals surface area contributed by atoms with E-state index in [1.54, 1.807) is 0 Å². The molecule has 0 aromatic heterocycles. The van der Waals surface area contributed by atoms with Crippen molar-refractivity contribution in [3.8, 4) is 5.75 Å². The molecule has 0 saturated heterocycles. The maximum absolute atomic E-state index is 6.05. The number of rotatable bonds is 7. The van der Waals surface area contributed by atoms with Crippen LogP contribution in [0.5, 0.6) is 5.75 Å². The van der Waals surface area contributed by atoms with Crippen LogP contribution in [0.25, 0.3) is 0 Å². The van der Waals surface area contributed by atoms with Gasteiger partial charge in [0.25, 0.3) is 0 Å². The standard InChI is InChI=1S/C15H22ClNO/c1-11(2)8-17-9-13-7-14(16)5-6-15(13)18-10-12-3-4-12/h5-7,11-12,17H,3-4,8-10H2,1-2H3. The average Bonchev–Trinajstić information content (AvgIpc) is 3.11. The normalized spacial score (nSPS) is 15.1. The predicted octanol–water partition coefficient (Wildman–Crippen LogP) is 3.87. The highest BCUT2D eigenvalue weighted by atomic mass is 35.5. The van der Waals surface area contributed by atoms with Gasteiger partial charge < -0.3 is 10.1 Å². The Morgan fingerprint density at radius 1 is 1.39 bits per heavy atom. The molecule has 1 N–H and O–H groups in total. The fraction of sp³-hybridized carbons (Fsp3) is 0.600. The Balaban J connectivity index is 1.93. The first-order valence-electron chi connectivity index (χ1n) is 6.77. The lowest BCUT2D eigenvalue weighted by atomic mass is 10.2. The van der Waals surface area contributed by atoms with Gasteiger partial charge in [-0.2, -0.15) is 0 Å². The van der Waals surface area contributed by atoms with Crippen LogP contribution in [0.1, 0.15) is 32.3 Å². The van der Waals surface area contributed by atoms with E-state index < -0.39 is 0 Å². The first kappa shape index (κ1) is 13.7. The Bertz CT molecular complexity index is 388.